The summed E-state index contributed by atoms with van der Waals surface area (Å²) in [5.74, 6) is 0. The van der Waals surface area contributed by atoms with E-state index in [-0.39, 0.29) is 0 Å². The van der Waals surface area contributed by atoms with Gasteiger partial charge in [0.05, 0.1) is 16.2 Å². The van der Waals surface area contributed by atoms with Crippen molar-refractivity contribution in [1.82, 2.24) is 0 Å². The van der Waals surface area contributed by atoms with Gasteiger partial charge in [-0.2, -0.15) is 0 Å². The molecule has 6 heteroatoms. The quantitative estimate of drug-likeness (QED) is 0.251. The molecule has 0 atom stereocenters. The van der Waals surface area contributed by atoms with Crippen LogP contribution in [0, 0.1) is 11.3 Å². The normalized spacial score (nSPS) is 12.2. The highest BCUT2D eigenvalue weighted by molar-refractivity contribution is 14.1. The second-order valence-electron chi connectivity index (χ2n) is 3.88. The van der Waals surface area contributed by atoms with Crippen molar-refractivity contribution >= 4 is 101 Å². The SMILES string of the molecule is Ic1cc2c(o1)c1cc(I)oc1c1cc(I)oc21. The second kappa shape index (κ2) is 4.01. The van der Waals surface area contributed by atoms with Crippen molar-refractivity contribution in [3.8, 4) is 0 Å². The monoisotopic (exact) mass is 576 g/mol. The fraction of sp³-hybridized carbons (Fsp3) is 0. The summed E-state index contributed by atoms with van der Waals surface area (Å²) < 4.78 is 19.9. The Kier molecular flexibility index (Phi) is 2.63. The summed E-state index contributed by atoms with van der Waals surface area (Å²) in [5, 5.41) is 3.01. The van der Waals surface area contributed by atoms with Crippen molar-refractivity contribution in [1.29, 1.82) is 0 Å². The Bertz CT molecular complexity index is 695. The molecule has 0 N–H and O–H groups in total. The van der Waals surface area contributed by atoms with E-state index in [0.29, 0.717) is 0 Å². The number of furan rings is 3. The van der Waals surface area contributed by atoms with E-state index in [2.05, 4.69) is 67.8 Å². The molecule has 0 spiro atoms. The maximum absolute atomic E-state index is 5.77. The Hall–Kier alpha value is 0.0300. The highest BCUT2D eigenvalue weighted by Crippen LogP contribution is 2.40. The molecular weight excluding hydrogens is 573 g/mol. The van der Waals surface area contributed by atoms with Gasteiger partial charge in [0.1, 0.15) is 16.7 Å². The Labute approximate surface area is 142 Å². The van der Waals surface area contributed by atoms with Crippen LogP contribution in [0.4, 0.5) is 0 Å². The molecule has 90 valence electrons. The number of benzene rings is 1. The highest BCUT2D eigenvalue weighted by atomic mass is 127. The predicted octanol–water partition coefficient (Wildman–Crippen LogP) is 5.74. The standard InChI is InChI=1S/C12H3I3O3/c13-7-1-4-10(16-7)5-2-9(15)18-12(5)6-3-8(14)17-11(4)6/h1-3H. The van der Waals surface area contributed by atoms with E-state index in [1.807, 2.05) is 18.2 Å². The van der Waals surface area contributed by atoms with Gasteiger partial charge < -0.3 is 13.3 Å². The number of hydrogen-bond donors (Lipinski definition) is 0. The molecule has 0 amide bonds. The number of hydrogen-bond acceptors (Lipinski definition) is 3. The van der Waals surface area contributed by atoms with Gasteiger partial charge in [0.2, 0.25) is 0 Å². The molecule has 0 saturated heterocycles. The molecule has 0 unspecified atom stereocenters. The van der Waals surface area contributed by atoms with Crippen molar-refractivity contribution in [2.75, 3.05) is 0 Å². The smallest absolute Gasteiger partial charge is 0.165 e. The van der Waals surface area contributed by atoms with Crippen LogP contribution in [0.1, 0.15) is 0 Å². The molecule has 0 radical (unpaired) electrons. The van der Waals surface area contributed by atoms with Crippen molar-refractivity contribution in [2.24, 2.45) is 0 Å². The summed E-state index contributed by atoms with van der Waals surface area (Å²) in [6.07, 6.45) is 0. The van der Waals surface area contributed by atoms with Gasteiger partial charge in [-0.3, -0.25) is 0 Å². The van der Waals surface area contributed by atoms with Crippen molar-refractivity contribution < 1.29 is 13.3 Å². The Morgan fingerprint density at radius 1 is 0.556 bits per heavy atom. The molecule has 0 aliphatic carbocycles. The third-order valence-corrected chi connectivity index (χ3v) is 4.43. The van der Waals surface area contributed by atoms with Gasteiger partial charge in [-0.05, 0) is 67.8 Å². The minimum Gasteiger partial charge on any atom is -0.449 e. The van der Waals surface area contributed by atoms with Gasteiger partial charge in [-0.25, -0.2) is 0 Å². The van der Waals surface area contributed by atoms with E-state index in [1.54, 1.807) is 0 Å². The topological polar surface area (TPSA) is 39.4 Å². The van der Waals surface area contributed by atoms with Crippen LogP contribution >= 0.6 is 67.8 Å². The second-order valence-corrected chi connectivity index (χ2v) is 7.07. The van der Waals surface area contributed by atoms with E-state index in [4.69, 9.17) is 13.3 Å². The molecule has 0 aliphatic rings. The first-order valence-corrected chi connectivity index (χ1v) is 8.26. The van der Waals surface area contributed by atoms with Gasteiger partial charge in [-0.1, -0.05) is 0 Å². The van der Waals surface area contributed by atoms with E-state index < -0.39 is 0 Å². The zero-order valence-corrected chi connectivity index (χ0v) is 15.1. The summed E-state index contributed by atoms with van der Waals surface area (Å²) in [5.41, 5.74) is 2.50. The minimum atomic E-state index is 0.833. The van der Waals surface area contributed by atoms with E-state index in [9.17, 15) is 0 Å². The Morgan fingerprint density at radius 3 is 1.11 bits per heavy atom. The summed E-state index contributed by atoms with van der Waals surface area (Å²) >= 11 is 6.51. The largest absolute Gasteiger partial charge is 0.449 e. The lowest BCUT2D eigenvalue weighted by atomic mass is 10.1. The molecule has 3 nitrogen and oxygen atoms in total. The average molecular weight is 576 g/mol. The van der Waals surface area contributed by atoms with Crippen LogP contribution < -0.4 is 0 Å². The van der Waals surface area contributed by atoms with Crippen molar-refractivity contribution in [3.05, 3.63) is 29.5 Å². The molecule has 1 aromatic carbocycles. The summed E-state index contributed by atoms with van der Waals surface area (Å²) in [6, 6.07) is 5.99. The summed E-state index contributed by atoms with van der Waals surface area (Å²) in [7, 11) is 0. The lowest BCUT2D eigenvalue weighted by Crippen LogP contribution is -1.70. The van der Waals surface area contributed by atoms with Gasteiger partial charge >= 0.3 is 0 Å². The van der Waals surface area contributed by atoms with Gasteiger partial charge in [-0.15, -0.1) is 0 Å². The first-order valence-electron chi connectivity index (χ1n) is 5.02. The lowest BCUT2D eigenvalue weighted by molar-refractivity contribution is 0.578. The number of halogens is 3. The summed E-state index contributed by atoms with van der Waals surface area (Å²) in [6.45, 7) is 0. The lowest BCUT2D eigenvalue weighted by Gasteiger charge is -1.93. The van der Waals surface area contributed by atoms with Crippen molar-refractivity contribution in [2.45, 2.75) is 0 Å². The van der Waals surface area contributed by atoms with Gasteiger partial charge in [0, 0.05) is 18.2 Å². The van der Waals surface area contributed by atoms with E-state index in [0.717, 1.165) is 44.2 Å². The van der Waals surface area contributed by atoms with Gasteiger partial charge in [0.25, 0.3) is 0 Å². The predicted molar refractivity (Wildman–Crippen MR) is 93.9 cm³/mol. The molecular formula is C12H3I3O3. The fourth-order valence-electron chi connectivity index (χ4n) is 2.19. The molecule has 3 heterocycles. The molecule has 0 saturated carbocycles. The summed E-state index contributed by atoms with van der Waals surface area (Å²) in [4.78, 5) is 0. The Balaban J connectivity index is 2.43. The zero-order valence-electron chi connectivity index (χ0n) is 8.59. The molecule has 3 aromatic heterocycles. The zero-order chi connectivity index (χ0) is 12.4. The minimum absolute atomic E-state index is 0.833. The molecule has 0 bridgehead atoms. The number of fused-ring (bicyclic) bond motifs is 6. The maximum atomic E-state index is 5.77. The molecule has 4 rings (SSSR count). The van der Waals surface area contributed by atoms with Crippen LogP contribution in [0.5, 0.6) is 0 Å². The maximum Gasteiger partial charge on any atom is 0.165 e. The first kappa shape index (κ1) is 11.8. The third-order valence-electron chi connectivity index (χ3n) is 2.84. The molecule has 0 fully saturated rings. The van der Waals surface area contributed by atoms with Gasteiger partial charge in [0.15, 0.2) is 11.3 Å². The first-order chi connectivity index (χ1) is 8.63. The average Bonchev–Trinajstić information content (AvgIpc) is 2.93. The Morgan fingerprint density at radius 2 is 0.833 bits per heavy atom. The molecule has 18 heavy (non-hydrogen) atoms. The highest BCUT2D eigenvalue weighted by Gasteiger charge is 2.19. The van der Waals surface area contributed by atoms with Crippen LogP contribution in [0.25, 0.3) is 32.9 Å². The van der Waals surface area contributed by atoms with Crippen LogP contribution in [-0.2, 0) is 0 Å². The van der Waals surface area contributed by atoms with Crippen LogP contribution in [0.3, 0.4) is 0 Å². The van der Waals surface area contributed by atoms with E-state index in [1.165, 1.54) is 0 Å². The van der Waals surface area contributed by atoms with Crippen LogP contribution in [-0.4, -0.2) is 0 Å². The molecule has 0 aliphatic heterocycles. The molecule has 4 aromatic rings. The fourth-order valence-corrected chi connectivity index (χ4v) is 3.78. The third kappa shape index (κ3) is 1.57. The van der Waals surface area contributed by atoms with Crippen LogP contribution in [0.2, 0.25) is 0 Å². The van der Waals surface area contributed by atoms with Crippen LogP contribution in [0.15, 0.2) is 31.5 Å². The number of rotatable bonds is 0. The van der Waals surface area contributed by atoms with E-state index >= 15 is 0 Å². The van der Waals surface area contributed by atoms with Crippen molar-refractivity contribution in [3.63, 3.8) is 0 Å².